The van der Waals surface area contributed by atoms with Gasteiger partial charge in [-0.3, -0.25) is 4.79 Å². The number of rotatable bonds is 1. The molecule has 108 valence electrons. The number of carbonyl (C=O) groups is 1. The fraction of sp³-hybridized carbons (Fsp3) is 0.421. The second-order valence-corrected chi connectivity index (χ2v) is 6.54. The van der Waals surface area contributed by atoms with E-state index in [0.29, 0.717) is 12.2 Å². The molecule has 1 aromatic carbocycles. The van der Waals surface area contributed by atoms with E-state index in [0.717, 1.165) is 31.4 Å². The van der Waals surface area contributed by atoms with Crippen molar-refractivity contribution in [1.29, 1.82) is 0 Å². The molecular weight excluding hydrogens is 260 g/mol. The summed E-state index contributed by atoms with van der Waals surface area (Å²) in [5.74, 6) is 1.40. The van der Waals surface area contributed by atoms with Crippen molar-refractivity contribution in [1.82, 2.24) is 0 Å². The van der Waals surface area contributed by atoms with Crippen molar-refractivity contribution in [3.63, 3.8) is 0 Å². The third-order valence-corrected chi connectivity index (χ3v) is 5.50. The summed E-state index contributed by atoms with van der Waals surface area (Å²) in [7, 11) is 1.74. The molecule has 0 amide bonds. The first-order valence-corrected chi connectivity index (χ1v) is 7.78. The van der Waals surface area contributed by atoms with E-state index >= 15 is 0 Å². The van der Waals surface area contributed by atoms with Crippen LogP contribution in [-0.2, 0) is 11.2 Å². The summed E-state index contributed by atoms with van der Waals surface area (Å²) in [6.07, 6.45) is 6.80. The first-order valence-electron chi connectivity index (χ1n) is 7.78. The first kappa shape index (κ1) is 12.9. The van der Waals surface area contributed by atoms with Crippen molar-refractivity contribution >= 4 is 11.4 Å². The number of allylic oxidation sites excluding steroid dienone is 4. The van der Waals surface area contributed by atoms with Gasteiger partial charge in [-0.1, -0.05) is 18.2 Å². The van der Waals surface area contributed by atoms with Crippen LogP contribution in [0.3, 0.4) is 0 Å². The van der Waals surface area contributed by atoms with E-state index in [-0.39, 0.29) is 5.41 Å². The summed E-state index contributed by atoms with van der Waals surface area (Å²) in [5.41, 5.74) is 6.51. The maximum Gasteiger partial charge on any atom is 0.143 e. The molecule has 1 aromatic rings. The molecule has 2 nitrogen and oxygen atoms in total. The van der Waals surface area contributed by atoms with E-state index in [1.165, 1.54) is 27.8 Å². The highest BCUT2D eigenvalue weighted by Gasteiger charge is 2.45. The SMILES string of the molecule is COc1cccc2c1C1=C(C2)C2=CCCC(=O)[C@@]2(C)CC1. The molecule has 4 rings (SSSR count). The average molecular weight is 280 g/mol. The molecule has 3 aliphatic rings. The zero-order chi connectivity index (χ0) is 14.6. The van der Waals surface area contributed by atoms with E-state index in [1.807, 2.05) is 6.07 Å². The molecule has 0 fully saturated rings. The topological polar surface area (TPSA) is 26.3 Å². The Morgan fingerprint density at radius 1 is 1.19 bits per heavy atom. The first-order chi connectivity index (χ1) is 10.1. The fourth-order valence-corrected chi connectivity index (χ4v) is 4.32. The lowest BCUT2D eigenvalue weighted by Crippen LogP contribution is -2.35. The molecule has 0 heterocycles. The predicted molar refractivity (Wildman–Crippen MR) is 83.3 cm³/mol. The highest BCUT2D eigenvalue weighted by Crippen LogP contribution is 2.55. The Balaban J connectivity index is 1.89. The molecule has 0 aliphatic heterocycles. The molecule has 0 bridgehead atoms. The highest BCUT2D eigenvalue weighted by atomic mass is 16.5. The third kappa shape index (κ3) is 1.62. The molecule has 0 saturated carbocycles. The van der Waals surface area contributed by atoms with Crippen molar-refractivity contribution in [2.75, 3.05) is 7.11 Å². The molecule has 0 saturated heterocycles. The number of fused-ring (bicyclic) bond motifs is 4. The summed E-state index contributed by atoms with van der Waals surface area (Å²) in [5, 5.41) is 0. The van der Waals surface area contributed by atoms with Crippen molar-refractivity contribution in [3.8, 4) is 5.75 Å². The van der Waals surface area contributed by atoms with Gasteiger partial charge in [-0.25, -0.2) is 0 Å². The third-order valence-electron chi connectivity index (χ3n) is 5.50. The number of hydrogen-bond acceptors (Lipinski definition) is 2. The lowest BCUT2D eigenvalue weighted by molar-refractivity contribution is -0.126. The number of ketones is 1. The predicted octanol–water partition coefficient (Wildman–Crippen LogP) is 4.09. The molecule has 0 unspecified atom stereocenters. The Hall–Kier alpha value is -1.83. The molecule has 0 aromatic heterocycles. The normalized spacial score (nSPS) is 27.0. The zero-order valence-electron chi connectivity index (χ0n) is 12.7. The van der Waals surface area contributed by atoms with Crippen LogP contribution in [0, 0.1) is 5.41 Å². The summed E-state index contributed by atoms with van der Waals surface area (Å²) in [6.45, 7) is 2.14. The van der Waals surface area contributed by atoms with Crippen LogP contribution in [0.15, 0.2) is 35.4 Å². The van der Waals surface area contributed by atoms with Gasteiger partial charge in [0, 0.05) is 12.0 Å². The lowest BCUT2D eigenvalue weighted by Gasteiger charge is -2.39. The van der Waals surface area contributed by atoms with Gasteiger partial charge in [-0.05, 0) is 61.0 Å². The van der Waals surface area contributed by atoms with Crippen molar-refractivity contribution in [2.24, 2.45) is 5.41 Å². The van der Waals surface area contributed by atoms with Crippen molar-refractivity contribution in [2.45, 2.75) is 39.0 Å². The number of ether oxygens (including phenoxy) is 1. The monoisotopic (exact) mass is 280 g/mol. The van der Waals surface area contributed by atoms with E-state index in [9.17, 15) is 4.79 Å². The molecule has 1 atom stereocenters. The minimum Gasteiger partial charge on any atom is -0.496 e. The van der Waals surface area contributed by atoms with Crippen LogP contribution in [0.1, 0.15) is 43.7 Å². The number of carbonyl (C=O) groups excluding carboxylic acids is 1. The Bertz CT molecular complexity index is 708. The van der Waals surface area contributed by atoms with Crippen LogP contribution in [-0.4, -0.2) is 12.9 Å². The Kier molecular flexibility index (Phi) is 2.66. The van der Waals surface area contributed by atoms with Crippen LogP contribution >= 0.6 is 0 Å². The van der Waals surface area contributed by atoms with Crippen LogP contribution in [0.5, 0.6) is 5.75 Å². The van der Waals surface area contributed by atoms with Crippen LogP contribution < -0.4 is 4.74 Å². The maximum absolute atomic E-state index is 12.4. The zero-order valence-corrected chi connectivity index (χ0v) is 12.7. The second-order valence-electron chi connectivity index (χ2n) is 6.54. The maximum atomic E-state index is 12.4. The van der Waals surface area contributed by atoms with Gasteiger partial charge in [0.1, 0.15) is 11.5 Å². The molecule has 2 heteroatoms. The lowest BCUT2D eigenvalue weighted by atomic mass is 9.63. The number of methoxy groups -OCH3 is 1. The number of benzene rings is 1. The fourth-order valence-electron chi connectivity index (χ4n) is 4.32. The van der Waals surface area contributed by atoms with E-state index in [2.05, 4.69) is 25.1 Å². The van der Waals surface area contributed by atoms with Gasteiger partial charge in [-0.2, -0.15) is 0 Å². The molecule has 0 spiro atoms. The molecular formula is C19H20O2. The largest absolute Gasteiger partial charge is 0.496 e. The Labute approximate surface area is 125 Å². The van der Waals surface area contributed by atoms with Gasteiger partial charge >= 0.3 is 0 Å². The van der Waals surface area contributed by atoms with E-state index in [4.69, 9.17) is 4.74 Å². The van der Waals surface area contributed by atoms with Gasteiger partial charge in [0.2, 0.25) is 0 Å². The van der Waals surface area contributed by atoms with Crippen LogP contribution in [0.25, 0.3) is 5.57 Å². The van der Waals surface area contributed by atoms with Crippen molar-refractivity contribution in [3.05, 3.63) is 46.5 Å². The van der Waals surface area contributed by atoms with Crippen LogP contribution in [0.2, 0.25) is 0 Å². The number of hydrogen-bond donors (Lipinski definition) is 0. The number of Topliss-reactive ketones (excluding diaryl/α,β-unsaturated/α-hetero) is 1. The van der Waals surface area contributed by atoms with Crippen molar-refractivity contribution < 1.29 is 9.53 Å². The minimum absolute atomic E-state index is 0.244. The summed E-state index contributed by atoms with van der Waals surface area (Å²) < 4.78 is 5.57. The standard InChI is InChI=1S/C19H20O2/c1-19-10-9-13-14(15(19)6-4-8-17(19)20)11-12-5-3-7-16(21-2)18(12)13/h3,5-7H,4,8-11H2,1-2H3/t19-/m0/s1. The Morgan fingerprint density at radius 3 is 2.86 bits per heavy atom. The summed E-state index contributed by atoms with van der Waals surface area (Å²) in [6, 6.07) is 6.30. The molecule has 3 aliphatic carbocycles. The van der Waals surface area contributed by atoms with E-state index < -0.39 is 0 Å². The smallest absolute Gasteiger partial charge is 0.143 e. The highest BCUT2D eigenvalue weighted by molar-refractivity contribution is 5.95. The molecule has 0 radical (unpaired) electrons. The van der Waals surface area contributed by atoms with Crippen LogP contribution in [0.4, 0.5) is 0 Å². The Morgan fingerprint density at radius 2 is 2.05 bits per heavy atom. The summed E-state index contributed by atoms with van der Waals surface area (Å²) in [4.78, 5) is 12.4. The molecule has 0 N–H and O–H groups in total. The van der Waals surface area contributed by atoms with Gasteiger partial charge in [0.15, 0.2) is 0 Å². The average Bonchev–Trinajstić information content (AvgIpc) is 2.87. The quantitative estimate of drug-likeness (QED) is 0.774. The van der Waals surface area contributed by atoms with E-state index in [1.54, 1.807) is 7.11 Å². The minimum atomic E-state index is -0.244. The van der Waals surface area contributed by atoms with Gasteiger partial charge in [0.05, 0.1) is 12.5 Å². The van der Waals surface area contributed by atoms with Gasteiger partial charge in [-0.15, -0.1) is 0 Å². The van der Waals surface area contributed by atoms with Gasteiger partial charge < -0.3 is 4.74 Å². The second kappa shape index (κ2) is 4.33. The molecule has 21 heavy (non-hydrogen) atoms. The van der Waals surface area contributed by atoms with Gasteiger partial charge in [0.25, 0.3) is 0 Å². The summed E-state index contributed by atoms with van der Waals surface area (Å²) >= 11 is 0.